The van der Waals surface area contributed by atoms with Crippen LogP contribution in [-0.2, 0) is 21.4 Å². The van der Waals surface area contributed by atoms with Crippen molar-refractivity contribution < 1.29 is 19.0 Å². The molecule has 10 heteroatoms. The summed E-state index contributed by atoms with van der Waals surface area (Å²) in [4.78, 5) is 24.9. The van der Waals surface area contributed by atoms with Crippen LogP contribution in [0.1, 0.15) is 37.7 Å². The van der Waals surface area contributed by atoms with Gasteiger partial charge in [0.05, 0.1) is 36.0 Å². The van der Waals surface area contributed by atoms with Gasteiger partial charge in [0.15, 0.2) is 6.79 Å². The lowest BCUT2D eigenvalue weighted by atomic mass is 9.91. The van der Waals surface area contributed by atoms with Crippen molar-refractivity contribution in [3.05, 3.63) is 77.7 Å². The van der Waals surface area contributed by atoms with Crippen molar-refractivity contribution in [3.8, 4) is 23.1 Å². The summed E-state index contributed by atoms with van der Waals surface area (Å²) in [5.41, 5.74) is 4.38. The number of nitrogens with zero attached hydrogens (tertiary/aromatic N) is 4. The van der Waals surface area contributed by atoms with E-state index in [9.17, 15) is 10.1 Å². The van der Waals surface area contributed by atoms with E-state index < -0.39 is 6.03 Å². The van der Waals surface area contributed by atoms with E-state index in [2.05, 4.69) is 38.7 Å². The summed E-state index contributed by atoms with van der Waals surface area (Å²) in [6.45, 7) is 10.0. The molecule has 0 spiro atoms. The lowest BCUT2D eigenvalue weighted by Gasteiger charge is -2.26. The molecule has 10 nitrogen and oxygen atoms in total. The van der Waals surface area contributed by atoms with Crippen LogP contribution in [0.3, 0.4) is 0 Å². The Morgan fingerprint density at radius 1 is 1.05 bits per heavy atom. The number of pyridine rings is 2. The molecule has 2 aromatic carbocycles. The Hall–Kier alpha value is -4.56. The second kappa shape index (κ2) is 13.2. The van der Waals surface area contributed by atoms with Gasteiger partial charge in [-0.05, 0) is 29.1 Å². The smallest absolute Gasteiger partial charge is 0.323 e. The molecule has 2 aromatic heterocycles. The fourth-order valence-corrected chi connectivity index (χ4v) is 4.93. The molecule has 1 aliphatic heterocycles. The molecule has 4 aromatic rings. The number of fused-ring (bicyclic) bond motifs is 1. The van der Waals surface area contributed by atoms with Crippen molar-refractivity contribution in [1.29, 1.82) is 5.26 Å². The monoisotopic (exact) mass is 580 g/mol. The lowest BCUT2D eigenvalue weighted by molar-refractivity contribution is 0.0336. The van der Waals surface area contributed by atoms with Crippen molar-refractivity contribution in [1.82, 2.24) is 14.9 Å². The number of amides is 2. The van der Waals surface area contributed by atoms with Crippen LogP contribution in [0.2, 0.25) is 0 Å². The van der Waals surface area contributed by atoms with E-state index in [4.69, 9.17) is 19.2 Å². The summed E-state index contributed by atoms with van der Waals surface area (Å²) in [5, 5.41) is 17.5. The Kier molecular flexibility index (Phi) is 9.16. The molecule has 2 amide bonds. The van der Waals surface area contributed by atoms with Gasteiger partial charge in [0.2, 0.25) is 5.88 Å². The average Bonchev–Trinajstić information content (AvgIpc) is 3.00. The van der Waals surface area contributed by atoms with E-state index in [1.54, 1.807) is 6.07 Å². The molecule has 0 saturated carbocycles. The third-order valence-corrected chi connectivity index (χ3v) is 7.23. The van der Waals surface area contributed by atoms with Gasteiger partial charge >= 0.3 is 6.03 Å². The highest BCUT2D eigenvalue weighted by molar-refractivity contribution is 6.10. The second-order valence-electron chi connectivity index (χ2n) is 11.4. The quantitative estimate of drug-likeness (QED) is 0.246. The van der Waals surface area contributed by atoms with Gasteiger partial charge in [-0.2, -0.15) is 5.26 Å². The number of carbonyl (C=O) groups is 1. The van der Waals surface area contributed by atoms with Crippen molar-refractivity contribution >= 4 is 28.2 Å². The standard InChI is InChI=1S/C33H36N6O4/c1-33(2,3)30-17-29(27(18-34)31(38-30)43-21-41-4)37-32(40)36-28-12-11-24(25-7-5-6-8-26(25)28)22-9-10-23(35-19-22)20-39-13-15-42-16-14-39/h5-12,17,19H,13-16,20-21H2,1-4H3,(H2,36,37,38,40). The number of ether oxygens (including phenoxy) is 3. The lowest BCUT2D eigenvalue weighted by Crippen LogP contribution is -2.35. The Morgan fingerprint density at radius 2 is 1.79 bits per heavy atom. The van der Waals surface area contributed by atoms with Crippen molar-refractivity contribution in [2.45, 2.75) is 32.7 Å². The molecule has 3 heterocycles. The van der Waals surface area contributed by atoms with Gasteiger partial charge < -0.3 is 24.8 Å². The molecule has 43 heavy (non-hydrogen) atoms. The van der Waals surface area contributed by atoms with E-state index >= 15 is 0 Å². The Morgan fingerprint density at radius 3 is 2.47 bits per heavy atom. The van der Waals surface area contributed by atoms with Crippen LogP contribution in [0, 0.1) is 11.3 Å². The predicted molar refractivity (Wildman–Crippen MR) is 166 cm³/mol. The van der Waals surface area contributed by atoms with Crippen LogP contribution in [0.4, 0.5) is 16.2 Å². The highest BCUT2D eigenvalue weighted by atomic mass is 16.7. The summed E-state index contributed by atoms with van der Waals surface area (Å²) in [6, 6.07) is 19.2. The number of urea groups is 1. The first-order valence-corrected chi connectivity index (χ1v) is 14.2. The summed E-state index contributed by atoms with van der Waals surface area (Å²) in [5.74, 6) is 0.103. The molecule has 222 valence electrons. The van der Waals surface area contributed by atoms with Crippen LogP contribution < -0.4 is 15.4 Å². The van der Waals surface area contributed by atoms with Crippen molar-refractivity contribution in [2.24, 2.45) is 0 Å². The molecule has 0 atom stereocenters. The number of hydrogen-bond donors (Lipinski definition) is 2. The Balaban J connectivity index is 1.39. The van der Waals surface area contributed by atoms with Crippen LogP contribution in [-0.4, -0.2) is 61.1 Å². The number of methoxy groups -OCH3 is 1. The molecule has 0 unspecified atom stereocenters. The maximum Gasteiger partial charge on any atom is 0.323 e. The number of carbonyl (C=O) groups excluding carboxylic acids is 1. The first kappa shape index (κ1) is 29.9. The van der Waals surface area contributed by atoms with Gasteiger partial charge in [-0.1, -0.05) is 57.2 Å². The zero-order valence-corrected chi connectivity index (χ0v) is 24.9. The molecule has 0 aliphatic carbocycles. The molecule has 2 N–H and O–H groups in total. The van der Waals surface area contributed by atoms with E-state index in [0.717, 1.165) is 60.4 Å². The Bertz CT molecular complexity index is 1640. The highest BCUT2D eigenvalue weighted by Crippen LogP contribution is 2.34. The van der Waals surface area contributed by atoms with Crippen LogP contribution >= 0.6 is 0 Å². The number of aromatic nitrogens is 2. The number of hydrogen-bond acceptors (Lipinski definition) is 8. The van der Waals surface area contributed by atoms with Gasteiger partial charge in [0.25, 0.3) is 0 Å². The van der Waals surface area contributed by atoms with Crippen molar-refractivity contribution in [3.63, 3.8) is 0 Å². The average molecular weight is 581 g/mol. The summed E-state index contributed by atoms with van der Waals surface area (Å²) < 4.78 is 16.0. The number of anilines is 2. The molecule has 1 fully saturated rings. The number of rotatable bonds is 8. The van der Waals surface area contributed by atoms with Crippen LogP contribution in [0.25, 0.3) is 21.9 Å². The predicted octanol–water partition coefficient (Wildman–Crippen LogP) is 5.92. The highest BCUT2D eigenvalue weighted by Gasteiger charge is 2.23. The van der Waals surface area contributed by atoms with Gasteiger partial charge in [-0.15, -0.1) is 0 Å². The van der Waals surface area contributed by atoms with Crippen molar-refractivity contribution in [2.75, 3.05) is 50.8 Å². The van der Waals surface area contributed by atoms with Crippen LogP contribution in [0.5, 0.6) is 5.88 Å². The fraction of sp³-hybridized carbons (Fsp3) is 0.333. The van der Waals surface area contributed by atoms with E-state index in [0.29, 0.717) is 17.1 Å². The summed E-state index contributed by atoms with van der Waals surface area (Å²) in [7, 11) is 1.49. The Labute approximate surface area is 251 Å². The van der Waals surface area contributed by atoms with Gasteiger partial charge in [-0.25, -0.2) is 9.78 Å². The second-order valence-corrected chi connectivity index (χ2v) is 11.4. The SMILES string of the molecule is COCOc1nc(C(C)(C)C)cc(NC(=O)Nc2ccc(-c3ccc(CN4CCOCC4)nc3)c3ccccc23)c1C#N. The molecule has 1 saturated heterocycles. The van der Waals surface area contributed by atoms with E-state index in [1.807, 2.05) is 63.4 Å². The van der Waals surface area contributed by atoms with Gasteiger partial charge in [0.1, 0.15) is 11.6 Å². The zero-order chi connectivity index (χ0) is 30.4. The molecule has 5 rings (SSSR count). The molecular weight excluding hydrogens is 544 g/mol. The van der Waals surface area contributed by atoms with Crippen LogP contribution in [0.15, 0.2) is 60.8 Å². The maximum absolute atomic E-state index is 13.3. The largest absolute Gasteiger partial charge is 0.449 e. The zero-order valence-electron chi connectivity index (χ0n) is 24.9. The number of nitriles is 1. The summed E-state index contributed by atoms with van der Waals surface area (Å²) >= 11 is 0. The molecular formula is C33H36N6O4. The number of benzene rings is 2. The minimum atomic E-state index is -0.493. The summed E-state index contributed by atoms with van der Waals surface area (Å²) in [6.07, 6.45) is 1.90. The molecule has 0 radical (unpaired) electrons. The third kappa shape index (κ3) is 7.09. The number of morpholine rings is 1. The van der Waals surface area contributed by atoms with Gasteiger partial charge in [-0.3, -0.25) is 9.88 Å². The van der Waals surface area contributed by atoms with E-state index in [-0.39, 0.29) is 23.7 Å². The fourth-order valence-electron chi connectivity index (χ4n) is 4.93. The third-order valence-electron chi connectivity index (χ3n) is 7.23. The first-order valence-electron chi connectivity index (χ1n) is 14.2. The minimum Gasteiger partial charge on any atom is -0.449 e. The molecule has 0 bridgehead atoms. The molecule has 1 aliphatic rings. The minimum absolute atomic E-state index is 0.0780. The topological polar surface area (TPSA) is 122 Å². The number of nitrogens with one attached hydrogen (secondary N) is 2. The van der Waals surface area contributed by atoms with Gasteiger partial charge in [0, 0.05) is 49.3 Å². The maximum atomic E-state index is 13.3. The normalized spacial score (nSPS) is 13.8. The first-order chi connectivity index (χ1) is 20.8. The van der Waals surface area contributed by atoms with E-state index in [1.165, 1.54) is 7.11 Å².